The van der Waals surface area contributed by atoms with Crippen LogP contribution in [-0.4, -0.2) is 30.2 Å². The number of ether oxygens (including phenoxy) is 1. The minimum Gasteiger partial charge on any atom is -0.373 e. The molecule has 0 aromatic carbocycles. The predicted octanol–water partition coefficient (Wildman–Crippen LogP) is 3.37. The SMILES string of the molecule is CCCNCC(C)Cc1c(C)nc(C(CC)OC)nc1C. The van der Waals surface area contributed by atoms with Gasteiger partial charge in [-0.1, -0.05) is 20.8 Å². The molecule has 1 aromatic rings. The van der Waals surface area contributed by atoms with Crippen molar-refractivity contribution in [3.63, 3.8) is 0 Å². The highest BCUT2D eigenvalue weighted by Gasteiger charge is 2.16. The highest BCUT2D eigenvalue weighted by atomic mass is 16.5. The fraction of sp³-hybridized carbons (Fsp3) is 0.765. The molecule has 1 heterocycles. The topological polar surface area (TPSA) is 47.0 Å². The number of methoxy groups -OCH3 is 1. The quantitative estimate of drug-likeness (QED) is 0.709. The Hall–Kier alpha value is -1.00. The molecule has 4 heteroatoms. The highest BCUT2D eigenvalue weighted by molar-refractivity contribution is 5.25. The molecule has 0 saturated carbocycles. The second kappa shape index (κ2) is 9.11. The van der Waals surface area contributed by atoms with Gasteiger partial charge in [-0.2, -0.15) is 0 Å². The Bertz CT molecular complexity index is 407. The predicted molar refractivity (Wildman–Crippen MR) is 87.6 cm³/mol. The molecule has 0 fully saturated rings. The molecule has 2 atom stereocenters. The molecule has 0 bridgehead atoms. The van der Waals surface area contributed by atoms with Crippen LogP contribution in [-0.2, 0) is 11.2 Å². The van der Waals surface area contributed by atoms with Crippen LogP contribution in [0, 0.1) is 19.8 Å². The van der Waals surface area contributed by atoms with Gasteiger partial charge in [0.2, 0.25) is 0 Å². The number of hydrogen-bond donors (Lipinski definition) is 1. The highest BCUT2D eigenvalue weighted by Crippen LogP contribution is 2.21. The summed E-state index contributed by atoms with van der Waals surface area (Å²) in [6, 6.07) is 0. The van der Waals surface area contributed by atoms with Crippen LogP contribution in [0.25, 0.3) is 0 Å². The first-order valence-corrected chi connectivity index (χ1v) is 8.10. The molecule has 0 aliphatic rings. The van der Waals surface area contributed by atoms with E-state index in [0.29, 0.717) is 5.92 Å². The van der Waals surface area contributed by atoms with Gasteiger partial charge in [-0.25, -0.2) is 9.97 Å². The summed E-state index contributed by atoms with van der Waals surface area (Å²) in [5, 5.41) is 3.48. The van der Waals surface area contributed by atoms with Gasteiger partial charge in [0.05, 0.1) is 0 Å². The van der Waals surface area contributed by atoms with Gasteiger partial charge in [-0.05, 0) is 57.7 Å². The van der Waals surface area contributed by atoms with Crippen LogP contribution in [0.5, 0.6) is 0 Å². The average molecular weight is 293 g/mol. The van der Waals surface area contributed by atoms with Crippen LogP contribution in [0.2, 0.25) is 0 Å². The summed E-state index contributed by atoms with van der Waals surface area (Å²) >= 11 is 0. The summed E-state index contributed by atoms with van der Waals surface area (Å²) in [5.74, 6) is 1.41. The van der Waals surface area contributed by atoms with Gasteiger partial charge < -0.3 is 10.1 Å². The third-order valence-corrected chi connectivity index (χ3v) is 3.85. The van der Waals surface area contributed by atoms with E-state index < -0.39 is 0 Å². The van der Waals surface area contributed by atoms with Crippen molar-refractivity contribution in [2.75, 3.05) is 20.2 Å². The molecular formula is C17H31N3O. The lowest BCUT2D eigenvalue weighted by Gasteiger charge is -2.18. The molecule has 0 aliphatic heterocycles. The van der Waals surface area contributed by atoms with Crippen LogP contribution in [0.1, 0.15) is 62.5 Å². The van der Waals surface area contributed by atoms with Crippen molar-refractivity contribution in [1.82, 2.24) is 15.3 Å². The lowest BCUT2D eigenvalue weighted by molar-refractivity contribution is 0.0922. The molecular weight excluding hydrogens is 262 g/mol. The zero-order valence-electron chi connectivity index (χ0n) is 14.5. The molecule has 2 unspecified atom stereocenters. The van der Waals surface area contributed by atoms with Crippen molar-refractivity contribution < 1.29 is 4.74 Å². The summed E-state index contributed by atoms with van der Waals surface area (Å²) in [5.41, 5.74) is 3.47. The van der Waals surface area contributed by atoms with Crippen LogP contribution in [0.15, 0.2) is 0 Å². The van der Waals surface area contributed by atoms with Gasteiger partial charge in [0.1, 0.15) is 6.10 Å². The molecule has 0 radical (unpaired) electrons. The molecule has 1 N–H and O–H groups in total. The van der Waals surface area contributed by atoms with Gasteiger partial charge in [0.15, 0.2) is 5.82 Å². The second-order valence-corrected chi connectivity index (χ2v) is 5.88. The van der Waals surface area contributed by atoms with Crippen LogP contribution >= 0.6 is 0 Å². The molecule has 0 amide bonds. The lowest BCUT2D eigenvalue weighted by atomic mass is 9.98. The minimum absolute atomic E-state index is 0.0000874. The Balaban J connectivity index is 2.80. The summed E-state index contributed by atoms with van der Waals surface area (Å²) in [7, 11) is 1.72. The number of hydrogen-bond acceptors (Lipinski definition) is 4. The number of nitrogens with zero attached hydrogens (tertiary/aromatic N) is 2. The molecule has 0 aliphatic carbocycles. The average Bonchev–Trinajstić information content (AvgIpc) is 2.44. The smallest absolute Gasteiger partial charge is 0.157 e. The van der Waals surface area contributed by atoms with Crippen LogP contribution < -0.4 is 5.32 Å². The van der Waals surface area contributed by atoms with Gasteiger partial charge in [-0.3, -0.25) is 0 Å². The third-order valence-electron chi connectivity index (χ3n) is 3.85. The fourth-order valence-electron chi connectivity index (χ4n) is 2.61. The van der Waals surface area contributed by atoms with E-state index in [1.165, 1.54) is 12.0 Å². The van der Waals surface area contributed by atoms with Gasteiger partial charge in [0, 0.05) is 18.5 Å². The van der Waals surface area contributed by atoms with E-state index in [-0.39, 0.29) is 6.10 Å². The molecule has 0 saturated heterocycles. The first kappa shape index (κ1) is 18.1. The molecule has 4 nitrogen and oxygen atoms in total. The monoisotopic (exact) mass is 293 g/mol. The van der Waals surface area contributed by atoms with Gasteiger partial charge in [-0.15, -0.1) is 0 Å². The first-order chi connectivity index (χ1) is 10.0. The molecule has 0 spiro atoms. The number of nitrogens with one attached hydrogen (secondary N) is 1. The molecule has 120 valence electrons. The maximum absolute atomic E-state index is 5.45. The zero-order chi connectivity index (χ0) is 15.8. The lowest BCUT2D eigenvalue weighted by Crippen LogP contribution is -2.24. The number of aromatic nitrogens is 2. The van der Waals surface area contributed by atoms with Crippen molar-refractivity contribution in [3.05, 3.63) is 22.8 Å². The Kier molecular flexibility index (Phi) is 7.83. The van der Waals surface area contributed by atoms with E-state index in [9.17, 15) is 0 Å². The molecule has 21 heavy (non-hydrogen) atoms. The number of rotatable bonds is 9. The Labute approximate surface area is 129 Å². The first-order valence-electron chi connectivity index (χ1n) is 8.10. The summed E-state index contributed by atoms with van der Waals surface area (Å²) < 4.78 is 5.45. The van der Waals surface area contributed by atoms with Crippen LogP contribution in [0.3, 0.4) is 0 Å². The second-order valence-electron chi connectivity index (χ2n) is 5.88. The minimum atomic E-state index is 0.0000874. The van der Waals surface area contributed by atoms with E-state index >= 15 is 0 Å². The van der Waals surface area contributed by atoms with Gasteiger partial charge >= 0.3 is 0 Å². The zero-order valence-corrected chi connectivity index (χ0v) is 14.5. The number of aryl methyl sites for hydroxylation is 2. The molecule has 1 aromatic heterocycles. The van der Waals surface area contributed by atoms with Crippen molar-refractivity contribution >= 4 is 0 Å². The van der Waals surface area contributed by atoms with E-state index in [0.717, 1.165) is 43.1 Å². The Morgan fingerprint density at radius 2 is 1.76 bits per heavy atom. The van der Waals surface area contributed by atoms with Crippen molar-refractivity contribution in [1.29, 1.82) is 0 Å². The maximum atomic E-state index is 5.45. The van der Waals surface area contributed by atoms with Crippen molar-refractivity contribution in [3.8, 4) is 0 Å². The summed E-state index contributed by atoms with van der Waals surface area (Å²) in [4.78, 5) is 9.34. The normalized spacial score (nSPS) is 14.2. The fourth-order valence-corrected chi connectivity index (χ4v) is 2.61. The van der Waals surface area contributed by atoms with Crippen molar-refractivity contribution in [2.24, 2.45) is 5.92 Å². The van der Waals surface area contributed by atoms with E-state index in [1.807, 2.05) is 0 Å². The van der Waals surface area contributed by atoms with Crippen LogP contribution in [0.4, 0.5) is 0 Å². The molecule has 1 rings (SSSR count). The van der Waals surface area contributed by atoms with Gasteiger partial charge in [0.25, 0.3) is 0 Å². The summed E-state index contributed by atoms with van der Waals surface area (Å²) in [6.07, 6.45) is 3.10. The van der Waals surface area contributed by atoms with E-state index in [4.69, 9.17) is 4.74 Å². The largest absolute Gasteiger partial charge is 0.373 e. The third kappa shape index (κ3) is 5.36. The van der Waals surface area contributed by atoms with E-state index in [2.05, 4.69) is 49.9 Å². The summed E-state index contributed by atoms with van der Waals surface area (Å²) in [6.45, 7) is 12.9. The van der Waals surface area contributed by atoms with Crippen molar-refractivity contribution in [2.45, 2.75) is 60.0 Å². The Morgan fingerprint density at radius 1 is 1.14 bits per heavy atom. The Morgan fingerprint density at radius 3 is 2.24 bits per heavy atom. The maximum Gasteiger partial charge on any atom is 0.157 e. The van der Waals surface area contributed by atoms with E-state index in [1.54, 1.807) is 7.11 Å². The standard InChI is InChI=1S/C17H31N3O/c1-7-9-18-11-12(3)10-15-13(4)19-17(20-14(15)5)16(8-2)21-6/h12,16,18H,7-11H2,1-6H3.